The molecular formula is C27H24F2N5O5P. The number of nitrogens with zero attached hydrogens (tertiary/aromatic N) is 3. The minimum absolute atomic E-state index is 0.00263. The van der Waals surface area contributed by atoms with Gasteiger partial charge in [0.15, 0.2) is 5.65 Å². The lowest BCUT2D eigenvalue weighted by molar-refractivity contribution is -0.0892. The Morgan fingerprint density at radius 2 is 1.98 bits per heavy atom. The molecule has 1 aliphatic rings. The third kappa shape index (κ3) is 5.62. The number of carbonyl (C=O) groups excluding carboxylic acids is 2. The van der Waals surface area contributed by atoms with Crippen LogP contribution in [0.15, 0.2) is 54.7 Å². The predicted molar refractivity (Wildman–Crippen MR) is 143 cm³/mol. The summed E-state index contributed by atoms with van der Waals surface area (Å²) < 4.78 is 32.2. The summed E-state index contributed by atoms with van der Waals surface area (Å²) in [6, 6.07) is 11.7. The zero-order valence-corrected chi connectivity index (χ0v) is 22.3. The van der Waals surface area contributed by atoms with Crippen LogP contribution in [0.1, 0.15) is 66.1 Å². The number of amides is 2. The SMILES string of the molecule is Cc1c(C(=O)O)ccc2c1CC[C@@H]2NC(=O)c1cc(C(=O)NCc2cccc(OC(F)(F)P)c2)nc2ccnn12. The molecule has 0 bridgehead atoms. The molecular weight excluding hydrogens is 543 g/mol. The van der Waals surface area contributed by atoms with Crippen LogP contribution in [0.2, 0.25) is 0 Å². The van der Waals surface area contributed by atoms with Gasteiger partial charge in [-0.3, -0.25) is 9.59 Å². The molecule has 0 aliphatic heterocycles. The number of hydrogen-bond donors (Lipinski definition) is 3. The third-order valence-electron chi connectivity index (χ3n) is 6.66. The fraction of sp³-hybridized carbons (Fsp3) is 0.222. The number of ether oxygens (including phenoxy) is 1. The number of benzene rings is 2. The van der Waals surface area contributed by atoms with Gasteiger partial charge in [-0.1, -0.05) is 18.2 Å². The summed E-state index contributed by atoms with van der Waals surface area (Å²) in [6.07, 6.45) is 2.67. The lowest BCUT2D eigenvalue weighted by Gasteiger charge is -2.16. The molecule has 10 nitrogen and oxygen atoms in total. The lowest BCUT2D eigenvalue weighted by atomic mass is 9.98. The molecule has 0 fully saturated rings. The summed E-state index contributed by atoms with van der Waals surface area (Å²) in [6.45, 7) is 1.76. The molecule has 40 heavy (non-hydrogen) atoms. The van der Waals surface area contributed by atoms with E-state index in [9.17, 15) is 28.3 Å². The van der Waals surface area contributed by atoms with Crippen molar-refractivity contribution in [1.82, 2.24) is 25.2 Å². The fourth-order valence-corrected chi connectivity index (χ4v) is 4.97. The van der Waals surface area contributed by atoms with Gasteiger partial charge in [0.2, 0.25) is 0 Å². The van der Waals surface area contributed by atoms with Gasteiger partial charge in [0.05, 0.1) is 17.8 Å². The highest BCUT2D eigenvalue weighted by molar-refractivity contribution is 7.17. The zero-order valence-electron chi connectivity index (χ0n) is 21.1. The molecule has 0 spiro atoms. The monoisotopic (exact) mass is 567 g/mol. The van der Waals surface area contributed by atoms with Gasteiger partial charge in [-0.15, -0.1) is 0 Å². The Labute approximate surface area is 229 Å². The number of alkyl halides is 2. The van der Waals surface area contributed by atoms with E-state index in [1.807, 2.05) is 0 Å². The van der Waals surface area contributed by atoms with E-state index in [2.05, 4.69) is 25.5 Å². The van der Waals surface area contributed by atoms with Gasteiger partial charge in [0.1, 0.15) is 17.1 Å². The first-order valence-electron chi connectivity index (χ1n) is 12.2. The van der Waals surface area contributed by atoms with Gasteiger partial charge in [-0.25, -0.2) is 14.3 Å². The van der Waals surface area contributed by atoms with Crippen molar-refractivity contribution in [3.05, 3.63) is 93.9 Å². The van der Waals surface area contributed by atoms with Gasteiger partial charge in [0.25, 0.3) is 11.8 Å². The van der Waals surface area contributed by atoms with Crippen molar-refractivity contribution in [2.75, 3.05) is 0 Å². The molecule has 13 heteroatoms. The first-order valence-corrected chi connectivity index (χ1v) is 12.8. The molecule has 0 radical (unpaired) electrons. The van der Waals surface area contributed by atoms with E-state index < -0.39 is 23.6 Å². The number of fused-ring (bicyclic) bond motifs is 2. The van der Waals surface area contributed by atoms with Crippen molar-refractivity contribution in [3.8, 4) is 5.75 Å². The molecule has 2 amide bonds. The second-order valence-electron chi connectivity index (χ2n) is 9.30. The van der Waals surface area contributed by atoms with Crippen LogP contribution < -0.4 is 15.4 Å². The maximum absolute atomic E-state index is 13.4. The Hall–Kier alpha value is -4.44. The highest BCUT2D eigenvalue weighted by Crippen LogP contribution is 2.35. The van der Waals surface area contributed by atoms with Crippen LogP contribution in [0.25, 0.3) is 5.65 Å². The van der Waals surface area contributed by atoms with E-state index >= 15 is 0 Å². The van der Waals surface area contributed by atoms with Crippen LogP contribution in [0.3, 0.4) is 0 Å². The van der Waals surface area contributed by atoms with Gasteiger partial charge in [-0.05, 0) is 69.5 Å². The van der Waals surface area contributed by atoms with Gasteiger partial charge in [0, 0.05) is 18.7 Å². The third-order valence-corrected chi connectivity index (χ3v) is 6.78. The summed E-state index contributed by atoms with van der Waals surface area (Å²) in [5.41, 5.74) is 3.52. The van der Waals surface area contributed by atoms with E-state index in [1.165, 1.54) is 50.3 Å². The number of carboxylic acid groups (broad SMARTS) is 1. The average molecular weight is 567 g/mol. The van der Waals surface area contributed by atoms with Crippen molar-refractivity contribution in [3.63, 3.8) is 0 Å². The maximum atomic E-state index is 13.4. The van der Waals surface area contributed by atoms with Crippen LogP contribution in [0, 0.1) is 6.92 Å². The number of aromatic carboxylic acids is 1. The summed E-state index contributed by atoms with van der Waals surface area (Å²) in [5, 5.41) is 19.2. The predicted octanol–water partition coefficient (Wildman–Crippen LogP) is 3.89. The smallest absolute Gasteiger partial charge is 0.408 e. The molecule has 2 heterocycles. The average Bonchev–Trinajstić information content (AvgIpc) is 3.53. The summed E-state index contributed by atoms with van der Waals surface area (Å²) in [4.78, 5) is 42.1. The summed E-state index contributed by atoms with van der Waals surface area (Å²) in [7, 11) is 1.29. The second kappa shape index (κ2) is 10.6. The van der Waals surface area contributed by atoms with Crippen LogP contribution in [-0.2, 0) is 13.0 Å². The molecule has 0 saturated carbocycles. The molecule has 1 unspecified atom stereocenters. The van der Waals surface area contributed by atoms with Crippen LogP contribution in [0.5, 0.6) is 5.75 Å². The number of carbonyl (C=O) groups is 3. The molecule has 2 aromatic carbocycles. The van der Waals surface area contributed by atoms with Crippen molar-refractivity contribution in [2.45, 2.75) is 38.2 Å². The van der Waals surface area contributed by atoms with Crippen LogP contribution in [0.4, 0.5) is 8.78 Å². The summed E-state index contributed by atoms with van der Waals surface area (Å²) >= 11 is 0. The van der Waals surface area contributed by atoms with Crippen molar-refractivity contribution in [1.29, 1.82) is 0 Å². The number of halogens is 2. The number of rotatable bonds is 8. The molecule has 5 rings (SSSR count). The molecule has 1 aliphatic carbocycles. The van der Waals surface area contributed by atoms with E-state index in [-0.39, 0.29) is 40.9 Å². The van der Waals surface area contributed by atoms with Crippen LogP contribution in [-0.4, -0.2) is 43.3 Å². The molecule has 4 aromatic rings. The number of carboxylic acids is 1. The van der Waals surface area contributed by atoms with Crippen molar-refractivity contribution >= 4 is 32.7 Å². The zero-order chi connectivity index (χ0) is 28.6. The van der Waals surface area contributed by atoms with E-state index in [4.69, 9.17) is 0 Å². The van der Waals surface area contributed by atoms with E-state index in [0.29, 0.717) is 24.0 Å². The molecule has 3 N–H and O–H groups in total. The highest BCUT2D eigenvalue weighted by atomic mass is 31.0. The molecule has 2 atom stereocenters. The molecule has 2 aromatic heterocycles. The van der Waals surface area contributed by atoms with Gasteiger partial charge < -0.3 is 20.5 Å². The first kappa shape index (κ1) is 27.1. The van der Waals surface area contributed by atoms with Gasteiger partial charge >= 0.3 is 11.8 Å². The lowest BCUT2D eigenvalue weighted by Crippen LogP contribution is -2.30. The summed E-state index contributed by atoms with van der Waals surface area (Å²) in [5.74, 6) is -5.55. The molecule has 206 valence electrons. The number of hydrogen-bond acceptors (Lipinski definition) is 6. The Morgan fingerprint density at radius 1 is 1.18 bits per heavy atom. The minimum Gasteiger partial charge on any atom is -0.478 e. The Kier molecular flexibility index (Phi) is 7.20. The van der Waals surface area contributed by atoms with Crippen molar-refractivity contribution in [2.24, 2.45) is 0 Å². The normalized spacial score (nSPS) is 14.6. The van der Waals surface area contributed by atoms with Gasteiger partial charge in [-0.2, -0.15) is 13.9 Å². The Morgan fingerprint density at radius 3 is 2.73 bits per heavy atom. The minimum atomic E-state index is -3.43. The maximum Gasteiger partial charge on any atom is 0.408 e. The van der Waals surface area contributed by atoms with E-state index in [0.717, 1.165) is 11.1 Å². The quantitative estimate of drug-likeness (QED) is 0.275. The fourth-order valence-electron chi connectivity index (χ4n) is 4.83. The topological polar surface area (TPSA) is 135 Å². The Balaban J connectivity index is 1.34. The second-order valence-corrected chi connectivity index (χ2v) is 9.97. The standard InChI is InChI=1S/C27H24F2N5O5P/c1-14-17-7-8-20(19(17)6-5-18(14)26(37)38)33-25(36)22-12-21(32-23-9-10-31-34(22)23)24(35)30-13-15-3-2-4-16(11-15)39-27(28,29)40/h2-6,9-12,20H,7-8,13,40H2,1H3,(H,30,35)(H,33,36)(H,37,38)/t20-/m0/s1. The first-order chi connectivity index (χ1) is 19.0. The Bertz CT molecular complexity index is 1650. The largest absolute Gasteiger partial charge is 0.478 e. The highest BCUT2D eigenvalue weighted by Gasteiger charge is 2.29. The number of aromatic nitrogens is 3. The van der Waals surface area contributed by atoms with Crippen LogP contribution >= 0.6 is 9.24 Å². The number of nitrogens with one attached hydrogen (secondary N) is 2. The van der Waals surface area contributed by atoms with E-state index in [1.54, 1.807) is 25.1 Å². The van der Waals surface area contributed by atoms with Crippen molar-refractivity contribution < 1.29 is 33.0 Å². The molecule has 0 saturated heterocycles.